The lowest BCUT2D eigenvalue weighted by Crippen LogP contribution is -2.43. The summed E-state index contributed by atoms with van der Waals surface area (Å²) in [5.41, 5.74) is -0.368. The van der Waals surface area contributed by atoms with Crippen LogP contribution in [0.3, 0.4) is 0 Å². The van der Waals surface area contributed by atoms with Crippen LogP contribution in [-0.4, -0.2) is 25.2 Å². The largest absolute Gasteiger partial charge is 0.466 e. The minimum Gasteiger partial charge on any atom is -0.466 e. The number of hydrogen-bond donors (Lipinski definition) is 1. The average Bonchev–Trinajstić information content (AvgIpc) is 2.37. The molecule has 1 rings (SSSR count). The highest BCUT2D eigenvalue weighted by atomic mass is 16.5. The standard InChI is InChI=1S/C14H27NO2/c1-4-14(3,13(16)17-5-2)11-15-12-9-7-6-8-10-12/h12,15H,4-11H2,1-3H3. The first kappa shape index (κ1) is 14.5. The van der Waals surface area contributed by atoms with E-state index in [1.807, 2.05) is 13.8 Å². The quantitative estimate of drug-likeness (QED) is 0.727. The van der Waals surface area contributed by atoms with Crippen LogP contribution in [0.2, 0.25) is 0 Å². The monoisotopic (exact) mass is 241 g/mol. The zero-order valence-corrected chi connectivity index (χ0v) is 11.6. The number of carbonyl (C=O) groups is 1. The van der Waals surface area contributed by atoms with E-state index in [9.17, 15) is 4.79 Å². The minimum atomic E-state index is -0.368. The molecule has 0 aromatic heterocycles. The molecular formula is C14H27NO2. The van der Waals surface area contributed by atoms with Gasteiger partial charge in [-0.25, -0.2) is 0 Å². The molecule has 1 fully saturated rings. The smallest absolute Gasteiger partial charge is 0.313 e. The number of rotatable bonds is 6. The summed E-state index contributed by atoms with van der Waals surface area (Å²) in [6, 6.07) is 0.601. The van der Waals surface area contributed by atoms with Gasteiger partial charge in [-0.1, -0.05) is 26.2 Å². The van der Waals surface area contributed by atoms with Gasteiger partial charge in [0.2, 0.25) is 0 Å². The van der Waals surface area contributed by atoms with E-state index >= 15 is 0 Å². The lowest BCUT2D eigenvalue weighted by Gasteiger charge is -2.30. The predicted octanol–water partition coefficient (Wildman–Crippen LogP) is 2.89. The molecule has 0 aliphatic heterocycles. The van der Waals surface area contributed by atoms with E-state index in [0.29, 0.717) is 12.6 Å². The topological polar surface area (TPSA) is 38.3 Å². The van der Waals surface area contributed by atoms with Crippen LogP contribution in [-0.2, 0) is 9.53 Å². The van der Waals surface area contributed by atoms with Gasteiger partial charge in [0, 0.05) is 12.6 Å². The highest BCUT2D eigenvalue weighted by Gasteiger charge is 2.33. The molecule has 100 valence electrons. The highest BCUT2D eigenvalue weighted by Crippen LogP contribution is 2.24. The average molecular weight is 241 g/mol. The molecule has 0 heterocycles. The number of ether oxygens (including phenoxy) is 1. The van der Waals surface area contributed by atoms with Crippen LogP contribution < -0.4 is 5.32 Å². The Balaban J connectivity index is 2.41. The Hall–Kier alpha value is -0.570. The Bertz CT molecular complexity index is 236. The zero-order chi connectivity index (χ0) is 12.7. The van der Waals surface area contributed by atoms with E-state index in [4.69, 9.17) is 4.74 Å². The summed E-state index contributed by atoms with van der Waals surface area (Å²) in [5, 5.41) is 3.55. The lowest BCUT2D eigenvalue weighted by molar-refractivity contribution is -0.154. The molecule has 0 spiro atoms. The summed E-state index contributed by atoms with van der Waals surface area (Å²) < 4.78 is 5.16. The SMILES string of the molecule is CCOC(=O)C(C)(CC)CNC1CCCCC1. The van der Waals surface area contributed by atoms with Gasteiger partial charge in [0.15, 0.2) is 0 Å². The van der Waals surface area contributed by atoms with Crippen molar-refractivity contribution < 1.29 is 9.53 Å². The molecule has 0 aromatic rings. The van der Waals surface area contributed by atoms with Crippen LogP contribution in [0.1, 0.15) is 59.3 Å². The van der Waals surface area contributed by atoms with Gasteiger partial charge >= 0.3 is 5.97 Å². The third-order valence-electron chi connectivity index (χ3n) is 3.93. The number of esters is 1. The maximum Gasteiger partial charge on any atom is 0.313 e. The van der Waals surface area contributed by atoms with Crippen LogP contribution >= 0.6 is 0 Å². The van der Waals surface area contributed by atoms with E-state index in [1.54, 1.807) is 0 Å². The van der Waals surface area contributed by atoms with Gasteiger partial charge in [0.25, 0.3) is 0 Å². The second-order valence-electron chi connectivity index (χ2n) is 5.35. The molecule has 3 nitrogen and oxygen atoms in total. The molecule has 0 radical (unpaired) electrons. The fourth-order valence-electron chi connectivity index (χ4n) is 2.32. The molecule has 17 heavy (non-hydrogen) atoms. The lowest BCUT2D eigenvalue weighted by atomic mass is 9.86. The van der Waals surface area contributed by atoms with Gasteiger partial charge in [-0.15, -0.1) is 0 Å². The molecule has 1 unspecified atom stereocenters. The van der Waals surface area contributed by atoms with Crippen molar-refractivity contribution in [3.05, 3.63) is 0 Å². The molecule has 3 heteroatoms. The van der Waals surface area contributed by atoms with Crippen LogP contribution in [0, 0.1) is 5.41 Å². The number of carbonyl (C=O) groups excluding carboxylic acids is 1. The van der Waals surface area contributed by atoms with Crippen molar-refractivity contribution in [1.82, 2.24) is 5.32 Å². The molecule has 1 aliphatic rings. The fraction of sp³-hybridized carbons (Fsp3) is 0.929. The van der Waals surface area contributed by atoms with Crippen LogP contribution in [0.5, 0.6) is 0 Å². The van der Waals surface area contributed by atoms with Crippen molar-refractivity contribution in [2.24, 2.45) is 5.41 Å². The fourth-order valence-corrected chi connectivity index (χ4v) is 2.32. The minimum absolute atomic E-state index is 0.0641. The molecule has 0 aromatic carbocycles. The number of nitrogens with one attached hydrogen (secondary N) is 1. The Morgan fingerprint density at radius 3 is 2.47 bits per heavy atom. The van der Waals surface area contributed by atoms with Gasteiger partial charge in [-0.05, 0) is 33.1 Å². The van der Waals surface area contributed by atoms with E-state index in [1.165, 1.54) is 32.1 Å². The van der Waals surface area contributed by atoms with Gasteiger partial charge in [0.05, 0.1) is 12.0 Å². The van der Waals surface area contributed by atoms with Crippen molar-refractivity contribution in [2.45, 2.75) is 65.3 Å². The maximum absolute atomic E-state index is 11.9. The van der Waals surface area contributed by atoms with E-state index in [2.05, 4.69) is 12.2 Å². The summed E-state index contributed by atoms with van der Waals surface area (Å²) >= 11 is 0. The summed E-state index contributed by atoms with van der Waals surface area (Å²) in [6.45, 7) is 7.13. The van der Waals surface area contributed by atoms with Crippen molar-refractivity contribution in [2.75, 3.05) is 13.2 Å². The van der Waals surface area contributed by atoms with E-state index in [0.717, 1.165) is 13.0 Å². The third-order valence-corrected chi connectivity index (χ3v) is 3.93. The molecule has 0 amide bonds. The normalized spacial score (nSPS) is 20.9. The third kappa shape index (κ3) is 4.30. The molecule has 0 bridgehead atoms. The molecule has 1 N–H and O–H groups in total. The summed E-state index contributed by atoms with van der Waals surface area (Å²) in [5.74, 6) is -0.0641. The van der Waals surface area contributed by atoms with Crippen molar-refractivity contribution in [3.63, 3.8) is 0 Å². The molecule has 1 atom stereocenters. The molecule has 1 saturated carbocycles. The maximum atomic E-state index is 11.9. The highest BCUT2D eigenvalue weighted by molar-refractivity contribution is 5.76. The van der Waals surface area contributed by atoms with Crippen molar-refractivity contribution >= 4 is 5.97 Å². The Kier molecular flexibility index (Phi) is 5.96. The van der Waals surface area contributed by atoms with Crippen molar-refractivity contribution in [3.8, 4) is 0 Å². The van der Waals surface area contributed by atoms with E-state index < -0.39 is 0 Å². The van der Waals surface area contributed by atoms with Gasteiger partial charge in [0.1, 0.15) is 0 Å². The molecular weight excluding hydrogens is 214 g/mol. The Morgan fingerprint density at radius 1 is 1.29 bits per heavy atom. The van der Waals surface area contributed by atoms with Crippen LogP contribution in [0.25, 0.3) is 0 Å². The first-order valence-corrected chi connectivity index (χ1v) is 7.03. The van der Waals surface area contributed by atoms with E-state index in [-0.39, 0.29) is 11.4 Å². The summed E-state index contributed by atoms with van der Waals surface area (Å²) in [6.07, 6.45) is 7.33. The first-order chi connectivity index (χ1) is 8.12. The summed E-state index contributed by atoms with van der Waals surface area (Å²) in [7, 11) is 0. The second kappa shape index (κ2) is 7.00. The van der Waals surface area contributed by atoms with Gasteiger partial charge < -0.3 is 10.1 Å². The zero-order valence-electron chi connectivity index (χ0n) is 11.6. The van der Waals surface area contributed by atoms with Crippen LogP contribution in [0.15, 0.2) is 0 Å². The van der Waals surface area contributed by atoms with Gasteiger partial charge in [-0.3, -0.25) is 4.79 Å². The predicted molar refractivity (Wildman–Crippen MR) is 69.9 cm³/mol. The molecule has 1 aliphatic carbocycles. The number of hydrogen-bond acceptors (Lipinski definition) is 3. The Labute approximate surface area is 105 Å². The Morgan fingerprint density at radius 2 is 1.94 bits per heavy atom. The summed E-state index contributed by atoms with van der Waals surface area (Å²) in [4.78, 5) is 11.9. The second-order valence-corrected chi connectivity index (χ2v) is 5.35. The first-order valence-electron chi connectivity index (χ1n) is 7.03. The van der Waals surface area contributed by atoms with Gasteiger partial charge in [-0.2, -0.15) is 0 Å². The van der Waals surface area contributed by atoms with Crippen molar-refractivity contribution in [1.29, 1.82) is 0 Å². The van der Waals surface area contributed by atoms with Crippen LogP contribution in [0.4, 0.5) is 0 Å². The molecule has 0 saturated heterocycles.